The molecule has 8 heteroatoms. The van der Waals surface area contributed by atoms with Crippen molar-refractivity contribution in [1.82, 2.24) is 15.1 Å². The highest BCUT2D eigenvalue weighted by atomic mass is 35.5. The van der Waals surface area contributed by atoms with Crippen LogP contribution in [-0.4, -0.2) is 68.2 Å². The van der Waals surface area contributed by atoms with Gasteiger partial charge < -0.3 is 15.0 Å². The lowest BCUT2D eigenvalue weighted by Crippen LogP contribution is -2.50. The van der Waals surface area contributed by atoms with Crippen molar-refractivity contribution < 1.29 is 18.7 Å². The van der Waals surface area contributed by atoms with Gasteiger partial charge in [-0.1, -0.05) is 17.7 Å². The minimum atomic E-state index is -0.475. The number of halogens is 2. The van der Waals surface area contributed by atoms with E-state index in [4.69, 9.17) is 11.6 Å². The maximum Gasteiger partial charge on any atom is 0.409 e. The fourth-order valence-corrected chi connectivity index (χ4v) is 2.79. The lowest BCUT2D eigenvalue weighted by molar-refractivity contribution is -0.120. The fourth-order valence-electron chi connectivity index (χ4n) is 2.56. The maximum absolute atomic E-state index is 13.6. The van der Waals surface area contributed by atoms with Gasteiger partial charge in [0.05, 0.1) is 13.5 Å². The number of hydrogen-bond donors (Lipinski definition) is 1. The molecule has 0 saturated carbocycles. The van der Waals surface area contributed by atoms with Crippen molar-refractivity contribution in [2.24, 2.45) is 0 Å². The number of hydrogen-bond acceptors (Lipinski definition) is 4. The Morgan fingerprint density at radius 1 is 1.29 bits per heavy atom. The summed E-state index contributed by atoms with van der Waals surface area (Å²) in [6.07, 6.45) is -0.397. The number of methoxy groups -OCH3 is 1. The molecule has 1 fully saturated rings. The van der Waals surface area contributed by atoms with E-state index in [9.17, 15) is 14.0 Å². The molecular formula is C16H21ClFN3O3. The number of nitrogens with zero attached hydrogens (tertiary/aromatic N) is 2. The van der Waals surface area contributed by atoms with Crippen LogP contribution in [0, 0.1) is 5.82 Å². The third-order valence-corrected chi connectivity index (χ3v) is 4.31. The lowest BCUT2D eigenvalue weighted by Gasteiger charge is -2.33. The van der Waals surface area contributed by atoms with Gasteiger partial charge in [0.1, 0.15) is 5.82 Å². The van der Waals surface area contributed by atoms with E-state index in [0.717, 1.165) is 13.1 Å². The van der Waals surface area contributed by atoms with Gasteiger partial charge in [-0.25, -0.2) is 9.18 Å². The highest BCUT2D eigenvalue weighted by Gasteiger charge is 2.21. The third-order valence-electron chi connectivity index (χ3n) is 3.95. The van der Waals surface area contributed by atoms with Crippen LogP contribution in [0.15, 0.2) is 18.2 Å². The van der Waals surface area contributed by atoms with Crippen LogP contribution in [0.2, 0.25) is 5.02 Å². The van der Waals surface area contributed by atoms with Gasteiger partial charge in [-0.15, -0.1) is 0 Å². The molecule has 1 saturated heterocycles. The smallest absolute Gasteiger partial charge is 0.409 e. The van der Waals surface area contributed by atoms with Gasteiger partial charge >= 0.3 is 6.09 Å². The molecule has 24 heavy (non-hydrogen) atoms. The van der Waals surface area contributed by atoms with Gasteiger partial charge in [0.15, 0.2) is 0 Å². The number of amides is 2. The van der Waals surface area contributed by atoms with Crippen LogP contribution in [0.25, 0.3) is 0 Å². The molecule has 0 bridgehead atoms. The average molecular weight is 358 g/mol. The van der Waals surface area contributed by atoms with Crippen molar-refractivity contribution in [2.45, 2.75) is 6.42 Å². The van der Waals surface area contributed by atoms with E-state index >= 15 is 0 Å². The summed E-state index contributed by atoms with van der Waals surface area (Å²) in [7, 11) is 1.37. The van der Waals surface area contributed by atoms with Gasteiger partial charge in [-0.3, -0.25) is 9.69 Å². The quantitative estimate of drug-likeness (QED) is 0.868. The van der Waals surface area contributed by atoms with E-state index in [2.05, 4.69) is 15.0 Å². The third kappa shape index (κ3) is 5.07. The van der Waals surface area contributed by atoms with Crippen molar-refractivity contribution in [3.63, 3.8) is 0 Å². The maximum atomic E-state index is 13.6. The molecule has 0 spiro atoms. The summed E-state index contributed by atoms with van der Waals surface area (Å²) in [5.74, 6) is -0.744. The zero-order chi connectivity index (χ0) is 17.5. The molecule has 1 aromatic carbocycles. The molecule has 1 aliphatic rings. The summed E-state index contributed by atoms with van der Waals surface area (Å²) < 4.78 is 18.3. The largest absolute Gasteiger partial charge is 0.453 e. The molecule has 0 radical (unpaired) electrons. The Kier molecular flexibility index (Phi) is 6.81. The Hall–Kier alpha value is -1.86. The molecule has 1 heterocycles. The average Bonchev–Trinajstić information content (AvgIpc) is 2.58. The van der Waals surface area contributed by atoms with Crippen LogP contribution in [0.3, 0.4) is 0 Å². The predicted molar refractivity (Wildman–Crippen MR) is 88.5 cm³/mol. The zero-order valence-corrected chi connectivity index (χ0v) is 14.3. The first kappa shape index (κ1) is 18.5. The molecule has 132 valence electrons. The van der Waals surface area contributed by atoms with E-state index in [1.165, 1.54) is 19.2 Å². The molecule has 0 atom stereocenters. The summed E-state index contributed by atoms with van der Waals surface area (Å²) in [6.45, 7) is 3.79. The number of rotatable bonds is 5. The number of ether oxygens (including phenoxy) is 1. The minimum Gasteiger partial charge on any atom is -0.453 e. The highest BCUT2D eigenvalue weighted by Crippen LogP contribution is 2.19. The van der Waals surface area contributed by atoms with Crippen LogP contribution in [0.1, 0.15) is 5.56 Å². The number of carbonyl (C=O) groups excluding carboxylic acids is 2. The molecule has 2 amide bonds. The van der Waals surface area contributed by atoms with Crippen molar-refractivity contribution in [1.29, 1.82) is 0 Å². The van der Waals surface area contributed by atoms with Crippen molar-refractivity contribution in [2.75, 3.05) is 46.4 Å². The predicted octanol–water partition coefficient (Wildman–Crippen LogP) is 1.52. The Morgan fingerprint density at radius 3 is 2.62 bits per heavy atom. The first-order valence-electron chi connectivity index (χ1n) is 7.76. The monoisotopic (exact) mass is 357 g/mol. The Balaban J connectivity index is 1.69. The van der Waals surface area contributed by atoms with E-state index in [1.54, 1.807) is 11.0 Å². The topological polar surface area (TPSA) is 61.9 Å². The van der Waals surface area contributed by atoms with Crippen LogP contribution in [0.5, 0.6) is 0 Å². The van der Waals surface area contributed by atoms with E-state index in [1.807, 2.05) is 0 Å². The highest BCUT2D eigenvalue weighted by molar-refractivity contribution is 6.31. The van der Waals surface area contributed by atoms with Crippen molar-refractivity contribution in [3.05, 3.63) is 34.6 Å². The Bertz CT molecular complexity index is 572. The number of nitrogens with one attached hydrogen (secondary N) is 1. The molecule has 2 rings (SSSR count). The summed E-state index contributed by atoms with van der Waals surface area (Å²) in [4.78, 5) is 27.1. The number of benzene rings is 1. The van der Waals surface area contributed by atoms with Gasteiger partial charge in [0.25, 0.3) is 0 Å². The summed E-state index contributed by atoms with van der Waals surface area (Å²) in [5, 5.41) is 3.02. The van der Waals surface area contributed by atoms with E-state index < -0.39 is 5.82 Å². The molecule has 0 aromatic heterocycles. The number of carbonyl (C=O) groups is 2. The molecule has 0 unspecified atom stereocenters. The summed E-state index contributed by atoms with van der Waals surface area (Å²) in [6, 6.07) is 4.36. The first-order valence-corrected chi connectivity index (χ1v) is 8.14. The second-order valence-corrected chi connectivity index (χ2v) is 5.93. The fraction of sp³-hybridized carbons (Fsp3) is 0.500. The Labute approximate surface area is 145 Å². The molecule has 0 aliphatic carbocycles. The lowest BCUT2D eigenvalue weighted by atomic mass is 10.1. The van der Waals surface area contributed by atoms with Crippen molar-refractivity contribution in [3.8, 4) is 0 Å². The summed E-state index contributed by atoms with van der Waals surface area (Å²) in [5.41, 5.74) is 0.211. The zero-order valence-electron chi connectivity index (χ0n) is 13.6. The molecule has 1 aromatic rings. The first-order chi connectivity index (χ1) is 11.5. The van der Waals surface area contributed by atoms with Crippen molar-refractivity contribution >= 4 is 23.6 Å². The SMILES string of the molecule is COC(=O)N1CCN(CCNC(=O)Cc2c(F)cccc2Cl)CC1. The molecule has 6 nitrogen and oxygen atoms in total. The minimum absolute atomic E-state index is 0.0817. The second-order valence-electron chi connectivity index (χ2n) is 5.53. The van der Waals surface area contributed by atoms with Gasteiger partial charge in [0.2, 0.25) is 5.91 Å². The molecular weight excluding hydrogens is 337 g/mol. The van der Waals surface area contributed by atoms with Crippen LogP contribution >= 0.6 is 11.6 Å². The normalized spacial score (nSPS) is 15.2. The summed E-state index contributed by atoms with van der Waals surface area (Å²) >= 11 is 5.91. The van der Waals surface area contributed by atoms with Gasteiger partial charge in [-0.05, 0) is 12.1 Å². The molecule has 1 N–H and O–H groups in total. The van der Waals surface area contributed by atoms with Gasteiger partial charge in [0, 0.05) is 49.9 Å². The number of piperazine rings is 1. The van der Waals surface area contributed by atoms with Crippen LogP contribution in [0.4, 0.5) is 9.18 Å². The molecule has 1 aliphatic heterocycles. The van der Waals surface area contributed by atoms with E-state index in [-0.39, 0.29) is 29.0 Å². The second kappa shape index (κ2) is 8.84. The van der Waals surface area contributed by atoms with Crippen LogP contribution in [-0.2, 0) is 16.0 Å². The van der Waals surface area contributed by atoms with Crippen LogP contribution < -0.4 is 5.32 Å². The Morgan fingerprint density at radius 2 is 2.00 bits per heavy atom. The standard InChI is InChI=1S/C16H21ClFN3O3/c1-24-16(23)21-9-7-20(8-10-21)6-5-19-15(22)11-12-13(17)3-2-4-14(12)18/h2-4H,5-11H2,1H3,(H,19,22). The van der Waals surface area contributed by atoms with Gasteiger partial charge in [-0.2, -0.15) is 0 Å². The van der Waals surface area contributed by atoms with E-state index in [0.29, 0.717) is 26.2 Å².